The zero-order chi connectivity index (χ0) is 19.6. The molecule has 0 aliphatic carbocycles. The van der Waals surface area contributed by atoms with Gasteiger partial charge in [-0.2, -0.15) is 4.31 Å². The average Bonchev–Trinajstić information content (AvgIpc) is 3.02. The van der Waals surface area contributed by atoms with Crippen molar-refractivity contribution in [3.63, 3.8) is 0 Å². The van der Waals surface area contributed by atoms with E-state index in [0.717, 1.165) is 12.0 Å². The molecule has 1 atom stereocenters. The summed E-state index contributed by atoms with van der Waals surface area (Å²) in [6, 6.07) is 6.87. The minimum atomic E-state index is -3.54. The van der Waals surface area contributed by atoms with Crippen LogP contribution in [0.25, 0.3) is 0 Å². The Balaban J connectivity index is 1.60. The van der Waals surface area contributed by atoms with Crippen LogP contribution in [0.1, 0.15) is 25.3 Å². The van der Waals surface area contributed by atoms with Crippen molar-refractivity contribution in [3.8, 4) is 0 Å². The van der Waals surface area contributed by atoms with Gasteiger partial charge in [-0.15, -0.1) is 0 Å². The summed E-state index contributed by atoms with van der Waals surface area (Å²) in [5.74, 6) is -0.297. The Labute approximate surface area is 161 Å². The number of nitrogens with zero attached hydrogens (tertiary/aromatic N) is 3. The number of piperazine rings is 1. The highest BCUT2D eigenvalue weighted by Crippen LogP contribution is 2.23. The van der Waals surface area contributed by atoms with E-state index in [1.165, 1.54) is 4.31 Å². The second kappa shape index (κ2) is 7.98. The van der Waals surface area contributed by atoms with Gasteiger partial charge in [-0.1, -0.05) is 19.1 Å². The maximum absolute atomic E-state index is 12.8. The first-order valence-electron chi connectivity index (χ1n) is 9.46. The molecule has 3 rings (SSSR count). The number of carbonyl (C=O) groups is 2. The van der Waals surface area contributed by atoms with E-state index in [0.29, 0.717) is 31.1 Å². The summed E-state index contributed by atoms with van der Waals surface area (Å²) >= 11 is 0. The van der Waals surface area contributed by atoms with Crippen LogP contribution in [-0.2, 0) is 19.6 Å². The molecule has 0 spiro atoms. The van der Waals surface area contributed by atoms with Gasteiger partial charge in [-0.3, -0.25) is 9.59 Å². The zero-order valence-corrected chi connectivity index (χ0v) is 16.7. The van der Waals surface area contributed by atoms with E-state index < -0.39 is 10.0 Å². The third-order valence-electron chi connectivity index (χ3n) is 5.23. The fourth-order valence-electron chi connectivity index (χ4n) is 3.76. The predicted molar refractivity (Wildman–Crippen MR) is 101 cm³/mol. The number of carbonyl (C=O) groups excluding carboxylic acids is 2. The first-order chi connectivity index (χ1) is 12.8. The third kappa shape index (κ3) is 4.16. The minimum absolute atomic E-state index is 0.0328. The van der Waals surface area contributed by atoms with E-state index in [-0.39, 0.29) is 37.2 Å². The number of hydrogen-bond acceptors (Lipinski definition) is 4. The van der Waals surface area contributed by atoms with Crippen molar-refractivity contribution in [2.45, 2.75) is 31.6 Å². The summed E-state index contributed by atoms with van der Waals surface area (Å²) < 4.78 is 27.0. The molecule has 148 valence electrons. The normalized spacial score (nSPS) is 21.7. The molecule has 1 aromatic rings. The lowest BCUT2D eigenvalue weighted by Gasteiger charge is -2.35. The van der Waals surface area contributed by atoms with Crippen LogP contribution in [0.4, 0.5) is 0 Å². The summed E-state index contributed by atoms with van der Waals surface area (Å²) in [5.41, 5.74) is 0.896. The Morgan fingerprint density at radius 1 is 1.19 bits per heavy atom. The Kier molecular flexibility index (Phi) is 5.86. The topological polar surface area (TPSA) is 78.0 Å². The van der Waals surface area contributed by atoms with Gasteiger partial charge in [-0.25, -0.2) is 8.42 Å². The van der Waals surface area contributed by atoms with Crippen LogP contribution >= 0.6 is 0 Å². The fraction of sp³-hybridized carbons (Fsp3) is 0.579. The number of benzene rings is 1. The van der Waals surface area contributed by atoms with Gasteiger partial charge in [0.1, 0.15) is 0 Å². The maximum atomic E-state index is 12.8. The number of aryl methyl sites for hydroxylation is 1. The molecular formula is C19H27N3O4S. The number of hydrogen-bond donors (Lipinski definition) is 0. The van der Waals surface area contributed by atoms with E-state index in [4.69, 9.17) is 0 Å². The van der Waals surface area contributed by atoms with Gasteiger partial charge in [0.25, 0.3) is 0 Å². The molecule has 27 heavy (non-hydrogen) atoms. The van der Waals surface area contributed by atoms with Crippen molar-refractivity contribution in [1.29, 1.82) is 0 Å². The van der Waals surface area contributed by atoms with Crippen molar-refractivity contribution >= 4 is 21.8 Å². The van der Waals surface area contributed by atoms with E-state index in [1.807, 2.05) is 19.9 Å². The Bertz CT molecular complexity index is 816. The van der Waals surface area contributed by atoms with E-state index in [2.05, 4.69) is 0 Å². The summed E-state index contributed by atoms with van der Waals surface area (Å²) in [7, 11) is -3.54. The third-order valence-corrected chi connectivity index (χ3v) is 7.13. The molecule has 0 aromatic heterocycles. The van der Waals surface area contributed by atoms with Crippen molar-refractivity contribution in [2.24, 2.45) is 5.92 Å². The molecule has 2 amide bonds. The van der Waals surface area contributed by atoms with Crippen LogP contribution in [0.2, 0.25) is 0 Å². The first-order valence-corrected chi connectivity index (χ1v) is 10.9. The maximum Gasteiger partial charge on any atom is 0.243 e. The van der Waals surface area contributed by atoms with Crippen molar-refractivity contribution in [1.82, 2.24) is 14.1 Å². The number of sulfonamides is 1. The van der Waals surface area contributed by atoms with Gasteiger partial charge in [0, 0.05) is 45.7 Å². The van der Waals surface area contributed by atoms with E-state index in [9.17, 15) is 18.0 Å². The average molecular weight is 394 g/mol. The molecule has 8 heteroatoms. The molecule has 0 saturated carbocycles. The quantitative estimate of drug-likeness (QED) is 0.750. The standard InChI is InChI=1S/C19H27N3O4S/c1-3-7-21-14-16(13-18(21)23)19(24)20-8-10-22(11-9-20)27(25,26)17-6-4-5-15(2)12-17/h4-6,12,16H,3,7-11,13-14H2,1-2H3. The van der Waals surface area contributed by atoms with Gasteiger partial charge in [0.15, 0.2) is 0 Å². The molecule has 0 bridgehead atoms. The van der Waals surface area contributed by atoms with Gasteiger partial charge in [0.05, 0.1) is 10.8 Å². The molecule has 2 heterocycles. The predicted octanol–water partition coefficient (Wildman–Crippen LogP) is 1.09. The fourth-order valence-corrected chi connectivity index (χ4v) is 5.28. The number of rotatable bonds is 5. The summed E-state index contributed by atoms with van der Waals surface area (Å²) in [5, 5.41) is 0. The van der Waals surface area contributed by atoms with Crippen molar-refractivity contribution < 1.29 is 18.0 Å². The van der Waals surface area contributed by atoms with E-state index in [1.54, 1.807) is 28.0 Å². The van der Waals surface area contributed by atoms with E-state index >= 15 is 0 Å². The lowest BCUT2D eigenvalue weighted by atomic mass is 10.1. The van der Waals surface area contributed by atoms with Gasteiger partial charge in [-0.05, 0) is 31.0 Å². The molecule has 1 unspecified atom stereocenters. The lowest BCUT2D eigenvalue weighted by Crippen LogP contribution is -2.52. The van der Waals surface area contributed by atoms with Gasteiger partial charge in [0.2, 0.25) is 21.8 Å². The molecule has 2 aliphatic rings. The van der Waals surface area contributed by atoms with Crippen LogP contribution in [0, 0.1) is 12.8 Å². The van der Waals surface area contributed by atoms with Gasteiger partial charge < -0.3 is 9.80 Å². The summed E-state index contributed by atoms with van der Waals surface area (Å²) in [4.78, 5) is 28.5. The Morgan fingerprint density at radius 3 is 2.52 bits per heavy atom. The zero-order valence-electron chi connectivity index (χ0n) is 15.9. The van der Waals surface area contributed by atoms with Crippen molar-refractivity contribution in [3.05, 3.63) is 29.8 Å². The van der Waals surface area contributed by atoms with Crippen LogP contribution in [0.15, 0.2) is 29.2 Å². The molecule has 0 radical (unpaired) electrons. The summed E-state index contributed by atoms with van der Waals surface area (Å²) in [6.45, 7) is 6.32. The lowest BCUT2D eigenvalue weighted by molar-refractivity contribution is -0.137. The first kappa shape index (κ1) is 19.8. The second-order valence-corrected chi connectivity index (χ2v) is 9.22. The van der Waals surface area contributed by atoms with Crippen LogP contribution in [0.3, 0.4) is 0 Å². The largest absolute Gasteiger partial charge is 0.342 e. The molecule has 2 aliphatic heterocycles. The highest BCUT2D eigenvalue weighted by molar-refractivity contribution is 7.89. The molecule has 0 N–H and O–H groups in total. The molecule has 2 fully saturated rings. The monoisotopic (exact) mass is 393 g/mol. The van der Waals surface area contributed by atoms with Crippen molar-refractivity contribution in [2.75, 3.05) is 39.3 Å². The molecule has 2 saturated heterocycles. The molecule has 7 nitrogen and oxygen atoms in total. The van der Waals surface area contributed by atoms with Gasteiger partial charge >= 0.3 is 0 Å². The van der Waals surface area contributed by atoms with Crippen LogP contribution in [0.5, 0.6) is 0 Å². The number of amides is 2. The smallest absolute Gasteiger partial charge is 0.243 e. The Morgan fingerprint density at radius 2 is 1.89 bits per heavy atom. The SMILES string of the molecule is CCCN1CC(C(=O)N2CCN(S(=O)(=O)c3cccc(C)c3)CC2)CC1=O. The number of likely N-dealkylation sites (tertiary alicyclic amines) is 1. The Hall–Kier alpha value is -1.93. The summed E-state index contributed by atoms with van der Waals surface area (Å²) in [6.07, 6.45) is 1.14. The van der Waals surface area contributed by atoms with Crippen LogP contribution < -0.4 is 0 Å². The molecular weight excluding hydrogens is 366 g/mol. The molecule has 1 aromatic carbocycles. The minimum Gasteiger partial charge on any atom is -0.342 e. The highest BCUT2D eigenvalue weighted by atomic mass is 32.2. The second-order valence-electron chi connectivity index (χ2n) is 7.29. The highest BCUT2D eigenvalue weighted by Gasteiger charge is 2.38. The van der Waals surface area contributed by atoms with Crippen LogP contribution in [-0.4, -0.2) is 73.6 Å².